The Labute approximate surface area is 218 Å². The largest absolute Gasteiger partial charge is 0.461 e. The molecule has 1 amide bonds. The van der Waals surface area contributed by atoms with E-state index in [4.69, 9.17) is 9.84 Å². The number of esters is 1. The second-order valence-electron chi connectivity index (χ2n) is 9.14. The number of carbonyl (C=O) groups excluding carboxylic acids is 2. The highest BCUT2D eigenvalue weighted by molar-refractivity contribution is 8.17. The van der Waals surface area contributed by atoms with Crippen molar-refractivity contribution in [2.75, 3.05) is 21.8 Å². The van der Waals surface area contributed by atoms with Crippen molar-refractivity contribution < 1.29 is 14.3 Å². The predicted molar refractivity (Wildman–Crippen MR) is 146 cm³/mol. The molecule has 3 heterocycles. The third-order valence-electron chi connectivity index (χ3n) is 6.69. The van der Waals surface area contributed by atoms with Gasteiger partial charge in [0.05, 0.1) is 17.9 Å². The summed E-state index contributed by atoms with van der Waals surface area (Å²) >= 11 is 2.86. The Bertz CT molecular complexity index is 1360. The van der Waals surface area contributed by atoms with Crippen molar-refractivity contribution in [2.45, 2.75) is 38.2 Å². The first kappa shape index (κ1) is 23.1. The van der Waals surface area contributed by atoms with Crippen LogP contribution in [0.5, 0.6) is 0 Å². The van der Waals surface area contributed by atoms with E-state index < -0.39 is 11.1 Å². The van der Waals surface area contributed by atoms with Gasteiger partial charge in [-0.2, -0.15) is 5.10 Å². The fraction of sp³-hybridized carbons (Fsp3) is 0.296. The molecule has 6 rings (SSSR count). The Kier molecular flexibility index (Phi) is 5.76. The maximum atomic E-state index is 14.5. The summed E-state index contributed by atoms with van der Waals surface area (Å²) in [5, 5.41) is 9.96. The third-order valence-corrected chi connectivity index (χ3v) is 9.04. The number of fused-ring (bicyclic) bond motifs is 3. The lowest BCUT2D eigenvalue weighted by atomic mass is 9.88. The van der Waals surface area contributed by atoms with E-state index in [-0.39, 0.29) is 17.6 Å². The van der Waals surface area contributed by atoms with Crippen molar-refractivity contribution in [3.63, 3.8) is 0 Å². The lowest BCUT2D eigenvalue weighted by molar-refractivity contribution is -0.134. The van der Waals surface area contributed by atoms with Crippen LogP contribution in [0.1, 0.15) is 41.1 Å². The van der Waals surface area contributed by atoms with Crippen LogP contribution in [0.25, 0.3) is 0 Å². The van der Waals surface area contributed by atoms with E-state index in [2.05, 4.69) is 12.2 Å². The Balaban J connectivity index is 1.56. The smallest absolute Gasteiger partial charge is 0.365 e. The number of thiophene rings is 1. The minimum absolute atomic E-state index is 0.0873. The van der Waals surface area contributed by atoms with Gasteiger partial charge in [-0.05, 0) is 73.7 Å². The van der Waals surface area contributed by atoms with Crippen LogP contribution >= 0.6 is 23.1 Å². The first-order valence-electron chi connectivity index (χ1n) is 12.1. The molecule has 0 fully saturated rings. The molecule has 1 aliphatic carbocycles. The summed E-state index contributed by atoms with van der Waals surface area (Å²) in [7, 11) is 0. The number of hydrogen-bond donors (Lipinski definition) is 1. The van der Waals surface area contributed by atoms with Gasteiger partial charge in [0.25, 0.3) is 11.0 Å². The molecule has 0 radical (unpaired) electrons. The number of para-hydroxylation sites is 2. The van der Waals surface area contributed by atoms with Crippen molar-refractivity contribution in [3.05, 3.63) is 76.7 Å². The lowest BCUT2D eigenvalue weighted by Crippen LogP contribution is -2.65. The summed E-state index contributed by atoms with van der Waals surface area (Å²) in [6.45, 7) is 4.27. The summed E-state index contributed by atoms with van der Waals surface area (Å²) in [5.41, 5.74) is 3.37. The molecular formula is C27H26N4O3S2. The maximum Gasteiger partial charge on any atom is 0.365 e. The SMILES string of the molecule is CCOC(=O)C1=NN(c2ccccc2)[C@@]2(Nc3sc4c(c3C(=O)N2c2ccccc2)CC[C@H](C)C4)S1. The number of anilines is 3. The molecule has 3 aliphatic rings. The summed E-state index contributed by atoms with van der Waals surface area (Å²) < 4.78 is 5.31. The van der Waals surface area contributed by atoms with Crippen LogP contribution in [0.2, 0.25) is 0 Å². The first-order chi connectivity index (χ1) is 17.5. The van der Waals surface area contributed by atoms with Gasteiger partial charge in [0, 0.05) is 10.6 Å². The number of carbonyl (C=O) groups is 2. The van der Waals surface area contributed by atoms with Crippen molar-refractivity contribution in [2.24, 2.45) is 11.0 Å². The number of amides is 1. The van der Waals surface area contributed by atoms with E-state index >= 15 is 0 Å². The molecule has 0 unspecified atom stereocenters. The molecule has 7 nitrogen and oxygen atoms in total. The number of nitrogens with one attached hydrogen (secondary N) is 1. The van der Waals surface area contributed by atoms with E-state index in [1.807, 2.05) is 60.7 Å². The van der Waals surface area contributed by atoms with Crippen molar-refractivity contribution in [1.82, 2.24) is 0 Å². The average molecular weight is 519 g/mol. The zero-order valence-corrected chi connectivity index (χ0v) is 21.7. The van der Waals surface area contributed by atoms with Gasteiger partial charge < -0.3 is 10.1 Å². The van der Waals surface area contributed by atoms with Crippen molar-refractivity contribution in [3.8, 4) is 0 Å². The molecule has 0 bridgehead atoms. The van der Waals surface area contributed by atoms with Gasteiger partial charge in [-0.15, -0.1) is 11.3 Å². The molecule has 2 atom stereocenters. The quantitative estimate of drug-likeness (QED) is 0.448. The molecule has 36 heavy (non-hydrogen) atoms. The molecule has 0 saturated carbocycles. The number of benzene rings is 2. The number of hydrogen-bond acceptors (Lipinski definition) is 8. The van der Waals surface area contributed by atoms with Gasteiger partial charge in [-0.1, -0.05) is 43.3 Å². The Morgan fingerprint density at radius 3 is 2.53 bits per heavy atom. The minimum atomic E-state index is -1.21. The van der Waals surface area contributed by atoms with E-state index in [9.17, 15) is 9.59 Å². The van der Waals surface area contributed by atoms with Crippen LogP contribution in [0, 0.1) is 5.92 Å². The molecule has 1 N–H and O–H groups in total. The Morgan fingerprint density at radius 1 is 1.14 bits per heavy atom. The van der Waals surface area contributed by atoms with Crippen LogP contribution in [0.4, 0.5) is 16.4 Å². The van der Waals surface area contributed by atoms with Crippen LogP contribution in [-0.4, -0.2) is 28.6 Å². The molecule has 2 aliphatic heterocycles. The van der Waals surface area contributed by atoms with Gasteiger partial charge in [0.1, 0.15) is 5.00 Å². The normalized spacial score (nSPS) is 22.7. The van der Waals surface area contributed by atoms with E-state index in [0.717, 1.165) is 46.8 Å². The standard InChI is InChI=1S/C27H26N4O3S2/c1-3-34-26(33)24-29-31(19-12-8-5-9-13-19)27(36-24)28-23-22(20-15-14-17(2)16-21(20)35-23)25(32)30(27)18-10-6-4-7-11-18/h4-13,17,28H,3,14-16H2,1-2H3/t17-,27-/m0/s1. The molecule has 1 aromatic heterocycles. The number of rotatable bonds is 4. The number of hydrazone groups is 1. The first-order valence-corrected chi connectivity index (χ1v) is 13.8. The monoisotopic (exact) mass is 518 g/mol. The van der Waals surface area contributed by atoms with Gasteiger partial charge in [-0.3, -0.25) is 9.69 Å². The second-order valence-corrected chi connectivity index (χ2v) is 11.4. The second kappa shape index (κ2) is 8.97. The van der Waals surface area contributed by atoms with E-state index in [1.165, 1.54) is 16.6 Å². The summed E-state index contributed by atoms with van der Waals surface area (Å²) in [5.74, 6) is -0.00396. The zero-order chi connectivity index (χ0) is 24.9. The maximum absolute atomic E-state index is 14.5. The lowest BCUT2D eigenvalue weighted by Gasteiger charge is -2.47. The molecule has 0 saturated heterocycles. The molecule has 3 aromatic rings. The molecule has 1 spiro atoms. The highest BCUT2D eigenvalue weighted by atomic mass is 32.2. The summed E-state index contributed by atoms with van der Waals surface area (Å²) in [6, 6.07) is 19.2. The Morgan fingerprint density at radius 2 is 1.83 bits per heavy atom. The number of nitrogens with zero attached hydrogens (tertiary/aromatic N) is 3. The highest BCUT2D eigenvalue weighted by Crippen LogP contribution is 2.52. The molecule has 2 aromatic carbocycles. The van der Waals surface area contributed by atoms with Crippen molar-refractivity contribution in [1.29, 1.82) is 0 Å². The number of thioether (sulfide) groups is 1. The topological polar surface area (TPSA) is 74.2 Å². The number of ether oxygens (including phenoxy) is 1. The highest BCUT2D eigenvalue weighted by Gasteiger charge is 2.58. The van der Waals surface area contributed by atoms with Gasteiger partial charge in [0.15, 0.2) is 0 Å². The van der Waals surface area contributed by atoms with Crippen LogP contribution in [0.15, 0.2) is 65.8 Å². The van der Waals surface area contributed by atoms with Crippen molar-refractivity contribution >= 4 is 56.4 Å². The van der Waals surface area contributed by atoms with Crippen LogP contribution in [0.3, 0.4) is 0 Å². The van der Waals surface area contributed by atoms with Gasteiger partial charge in [-0.25, -0.2) is 9.80 Å². The summed E-state index contributed by atoms with van der Waals surface area (Å²) in [6.07, 6.45) is 2.94. The van der Waals surface area contributed by atoms with E-state index in [1.54, 1.807) is 28.2 Å². The van der Waals surface area contributed by atoms with Crippen LogP contribution < -0.4 is 15.2 Å². The minimum Gasteiger partial charge on any atom is -0.461 e. The Hall–Kier alpha value is -3.30. The average Bonchev–Trinajstić information content (AvgIpc) is 3.43. The molecular weight excluding hydrogens is 492 g/mol. The fourth-order valence-corrected chi connectivity index (χ4v) is 7.75. The fourth-order valence-electron chi connectivity index (χ4n) is 5.04. The third kappa shape index (κ3) is 3.60. The van der Waals surface area contributed by atoms with Crippen LogP contribution in [-0.2, 0) is 22.4 Å². The zero-order valence-electron chi connectivity index (χ0n) is 20.1. The summed E-state index contributed by atoms with van der Waals surface area (Å²) in [4.78, 5) is 30.4. The molecule has 184 valence electrons. The van der Waals surface area contributed by atoms with E-state index in [0.29, 0.717) is 5.92 Å². The van der Waals surface area contributed by atoms with Gasteiger partial charge in [0.2, 0.25) is 5.04 Å². The molecule has 9 heteroatoms. The van der Waals surface area contributed by atoms with Gasteiger partial charge >= 0.3 is 5.97 Å². The predicted octanol–water partition coefficient (Wildman–Crippen LogP) is 5.69.